The first-order valence-electron chi connectivity index (χ1n) is 6.92. The van der Waals surface area contributed by atoms with Crippen LogP contribution >= 0.6 is 0 Å². The second-order valence-corrected chi connectivity index (χ2v) is 4.49. The van der Waals surface area contributed by atoms with Crippen LogP contribution in [0.2, 0.25) is 0 Å². The minimum Gasteiger partial charge on any atom is -0.480 e. The van der Waals surface area contributed by atoms with Gasteiger partial charge in [-0.3, -0.25) is 19.2 Å². The van der Waals surface area contributed by atoms with E-state index in [-0.39, 0.29) is 19.0 Å². The molecule has 24 heavy (non-hydrogen) atoms. The normalized spacial score (nSPS) is 10.6. The molecule has 0 aromatic heterocycles. The highest BCUT2D eigenvalue weighted by Crippen LogP contribution is 2.00. The van der Waals surface area contributed by atoms with Crippen molar-refractivity contribution < 1.29 is 29.0 Å². The third-order valence-electron chi connectivity index (χ3n) is 2.59. The number of carboxylic acids is 1. The molecule has 0 aliphatic carbocycles. The van der Waals surface area contributed by atoms with Crippen molar-refractivity contribution in [1.29, 1.82) is 0 Å². The number of carbonyl (C=O) groups excluding carboxylic acids is 3. The number of benzene rings is 1. The van der Waals surface area contributed by atoms with Crippen LogP contribution in [-0.2, 0) is 30.5 Å². The zero-order chi connectivity index (χ0) is 17.8. The maximum atomic E-state index is 11.5. The fourth-order valence-corrected chi connectivity index (χ4v) is 1.47. The molecule has 0 aliphatic heterocycles. The summed E-state index contributed by atoms with van der Waals surface area (Å²) in [5, 5.41) is 12.7. The first-order chi connectivity index (χ1) is 11.5. The Morgan fingerprint density at radius 3 is 2.38 bits per heavy atom. The van der Waals surface area contributed by atoms with Crippen LogP contribution in [0, 0.1) is 0 Å². The molecule has 0 atom stereocenters. The third kappa shape index (κ3) is 8.27. The lowest BCUT2D eigenvalue weighted by atomic mass is 10.2. The van der Waals surface area contributed by atoms with E-state index in [4.69, 9.17) is 9.84 Å². The van der Waals surface area contributed by atoms with Gasteiger partial charge in [0, 0.05) is 0 Å². The van der Waals surface area contributed by atoms with E-state index in [9.17, 15) is 19.2 Å². The molecular formula is C15H17N3O6. The van der Waals surface area contributed by atoms with Gasteiger partial charge in [-0.2, -0.15) is 0 Å². The number of aliphatic carboxylic acids is 1. The molecule has 128 valence electrons. The predicted octanol–water partition coefficient (Wildman–Crippen LogP) is -0.882. The van der Waals surface area contributed by atoms with E-state index in [2.05, 4.69) is 15.6 Å². The molecule has 1 rings (SSSR count). The highest BCUT2D eigenvalue weighted by atomic mass is 16.5. The quantitative estimate of drug-likeness (QED) is 0.305. The van der Waals surface area contributed by atoms with Crippen molar-refractivity contribution in [3.05, 3.63) is 35.9 Å². The summed E-state index contributed by atoms with van der Waals surface area (Å²) in [6, 6.07) is 9.10. The number of ether oxygens (including phenoxy) is 1. The number of aliphatic imine (C=N–C) groups is 1. The van der Waals surface area contributed by atoms with Gasteiger partial charge in [-0.25, -0.2) is 4.99 Å². The van der Waals surface area contributed by atoms with Crippen molar-refractivity contribution in [3.63, 3.8) is 0 Å². The van der Waals surface area contributed by atoms with Crippen molar-refractivity contribution in [1.82, 2.24) is 10.6 Å². The number of aldehydes is 1. The number of hydrogen-bond acceptors (Lipinski definition) is 6. The molecule has 0 fully saturated rings. The average molecular weight is 335 g/mol. The molecule has 3 N–H and O–H groups in total. The fraction of sp³-hybridized carbons (Fsp3) is 0.267. The van der Waals surface area contributed by atoms with E-state index in [1.807, 2.05) is 30.3 Å². The topological polar surface area (TPSA) is 134 Å². The molecule has 0 bridgehead atoms. The molecule has 0 spiro atoms. The zero-order valence-corrected chi connectivity index (χ0v) is 12.7. The summed E-state index contributed by atoms with van der Waals surface area (Å²) in [5.74, 6) is -2.68. The molecule has 0 radical (unpaired) electrons. The van der Waals surface area contributed by atoms with Gasteiger partial charge >= 0.3 is 5.97 Å². The molecule has 0 unspecified atom stereocenters. The summed E-state index contributed by atoms with van der Waals surface area (Å²) >= 11 is 0. The summed E-state index contributed by atoms with van der Waals surface area (Å²) < 4.78 is 5.18. The van der Waals surface area contributed by atoms with Gasteiger partial charge in [0.1, 0.15) is 19.7 Å². The Bertz CT molecular complexity index is 615. The number of nitrogens with one attached hydrogen (secondary N) is 2. The van der Waals surface area contributed by atoms with Crippen molar-refractivity contribution in [2.45, 2.75) is 6.61 Å². The second-order valence-electron chi connectivity index (χ2n) is 4.49. The van der Waals surface area contributed by atoms with Crippen LogP contribution in [0.15, 0.2) is 35.3 Å². The molecule has 0 saturated heterocycles. The molecular weight excluding hydrogens is 318 g/mol. The van der Waals surface area contributed by atoms with Crippen LogP contribution in [0.1, 0.15) is 5.56 Å². The molecule has 9 heteroatoms. The van der Waals surface area contributed by atoms with Gasteiger partial charge in [-0.15, -0.1) is 0 Å². The highest BCUT2D eigenvalue weighted by Gasteiger charge is 2.07. The van der Waals surface area contributed by atoms with Crippen LogP contribution in [0.4, 0.5) is 0 Å². The van der Waals surface area contributed by atoms with E-state index in [0.29, 0.717) is 6.29 Å². The minimum absolute atomic E-state index is 0.137. The number of rotatable bonds is 9. The SMILES string of the molecule is O=CC(=NCC(=O)NCC(=O)NCC(=O)O)OCc1ccccc1. The summed E-state index contributed by atoms with van der Waals surface area (Å²) in [5.41, 5.74) is 0.839. The lowest BCUT2D eigenvalue weighted by Crippen LogP contribution is -2.39. The second kappa shape index (κ2) is 10.5. The van der Waals surface area contributed by atoms with E-state index >= 15 is 0 Å². The van der Waals surface area contributed by atoms with Crippen LogP contribution in [-0.4, -0.2) is 54.7 Å². The van der Waals surface area contributed by atoms with E-state index in [0.717, 1.165) is 5.56 Å². The molecule has 1 aromatic rings. The van der Waals surface area contributed by atoms with Gasteiger partial charge in [0.2, 0.25) is 18.1 Å². The maximum absolute atomic E-state index is 11.5. The highest BCUT2D eigenvalue weighted by molar-refractivity contribution is 6.24. The Balaban J connectivity index is 2.33. The van der Waals surface area contributed by atoms with Gasteiger partial charge in [0.25, 0.3) is 5.90 Å². The van der Waals surface area contributed by atoms with Crippen molar-refractivity contribution in [3.8, 4) is 0 Å². The summed E-state index contributed by atoms with van der Waals surface area (Å²) in [6.07, 6.45) is 0.385. The first-order valence-corrected chi connectivity index (χ1v) is 6.92. The van der Waals surface area contributed by atoms with E-state index in [1.54, 1.807) is 0 Å². The molecule has 0 heterocycles. The fourth-order valence-electron chi connectivity index (χ4n) is 1.47. The predicted molar refractivity (Wildman–Crippen MR) is 83.3 cm³/mol. The Morgan fingerprint density at radius 1 is 1.08 bits per heavy atom. The largest absolute Gasteiger partial charge is 0.480 e. The Morgan fingerprint density at radius 2 is 1.75 bits per heavy atom. The summed E-state index contributed by atoms with van der Waals surface area (Å²) in [6.45, 7) is -1.18. The Kier molecular flexibility index (Phi) is 8.22. The zero-order valence-electron chi connectivity index (χ0n) is 12.7. The van der Waals surface area contributed by atoms with Crippen molar-refractivity contribution in [2.24, 2.45) is 4.99 Å². The average Bonchev–Trinajstić information content (AvgIpc) is 2.59. The van der Waals surface area contributed by atoms with Crippen molar-refractivity contribution in [2.75, 3.05) is 19.6 Å². The number of carbonyl (C=O) groups is 4. The molecule has 1 aromatic carbocycles. The Labute approximate surface area is 137 Å². The summed E-state index contributed by atoms with van der Waals surface area (Å²) in [7, 11) is 0. The molecule has 0 saturated carbocycles. The monoisotopic (exact) mass is 335 g/mol. The standard InChI is InChI=1S/C15H17N3O6/c19-9-14(24-10-11-4-2-1-3-5-11)18-7-13(21)16-6-12(20)17-8-15(22)23/h1-5,9H,6-8,10H2,(H,16,21)(H,17,20)(H,22,23). The van der Waals surface area contributed by atoms with E-state index in [1.165, 1.54) is 0 Å². The van der Waals surface area contributed by atoms with Gasteiger partial charge in [-0.05, 0) is 5.56 Å². The van der Waals surface area contributed by atoms with E-state index < -0.39 is 30.9 Å². The molecule has 0 aliphatic rings. The van der Waals surface area contributed by atoms with Gasteiger partial charge in [0.15, 0.2) is 0 Å². The van der Waals surface area contributed by atoms with Gasteiger partial charge in [-0.1, -0.05) is 30.3 Å². The Hall–Kier alpha value is -3.23. The van der Waals surface area contributed by atoms with Crippen LogP contribution in [0.5, 0.6) is 0 Å². The van der Waals surface area contributed by atoms with Gasteiger partial charge in [0.05, 0.1) is 6.54 Å². The van der Waals surface area contributed by atoms with Crippen LogP contribution in [0.25, 0.3) is 0 Å². The molecule has 9 nitrogen and oxygen atoms in total. The number of hydrogen-bond donors (Lipinski definition) is 3. The first kappa shape index (κ1) is 18.8. The third-order valence-corrected chi connectivity index (χ3v) is 2.59. The van der Waals surface area contributed by atoms with Crippen LogP contribution < -0.4 is 10.6 Å². The lowest BCUT2D eigenvalue weighted by molar-refractivity contribution is -0.137. The number of nitrogens with zero attached hydrogens (tertiary/aromatic N) is 1. The molecule has 2 amide bonds. The lowest BCUT2D eigenvalue weighted by Gasteiger charge is -2.06. The maximum Gasteiger partial charge on any atom is 0.322 e. The van der Waals surface area contributed by atoms with Gasteiger partial charge < -0.3 is 20.5 Å². The van der Waals surface area contributed by atoms with Crippen molar-refractivity contribution >= 4 is 30.0 Å². The minimum atomic E-state index is -1.19. The van der Waals surface area contributed by atoms with Crippen LogP contribution in [0.3, 0.4) is 0 Å². The number of amides is 2. The summed E-state index contributed by atoms with van der Waals surface area (Å²) in [4.78, 5) is 47.5. The smallest absolute Gasteiger partial charge is 0.322 e. The number of carboxylic acid groups (broad SMARTS) is 1.